The number of rotatable bonds is 42. The van der Waals surface area contributed by atoms with E-state index in [1.54, 1.807) is 19.1 Å². The topological polar surface area (TPSA) is 229 Å². The van der Waals surface area contributed by atoms with E-state index in [-0.39, 0.29) is 74.2 Å². The number of benzene rings is 8. The Morgan fingerprint density at radius 1 is 0.449 bits per heavy atom. The molecule has 8 aromatic rings. The zero-order valence-corrected chi connectivity index (χ0v) is 75.8. The number of fused-ring (bicyclic) bond motifs is 1. The molecule has 23 heteroatoms. The second-order valence-corrected chi connectivity index (χ2v) is 50.5. The van der Waals surface area contributed by atoms with Crippen LogP contribution < -0.4 is 45.3 Å². The van der Waals surface area contributed by atoms with Crippen molar-refractivity contribution in [3.05, 3.63) is 263 Å². The van der Waals surface area contributed by atoms with Crippen molar-refractivity contribution in [2.45, 2.75) is 231 Å². The minimum atomic E-state index is -2.81. The third-order valence-electron chi connectivity index (χ3n) is 23.2. The zero-order valence-electron chi connectivity index (χ0n) is 72.8. The van der Waals surface area contributed by atoms with Gasteiger partial charge in [0.05, 0.1) is 96.1 Å². The normalized spacial score (nSPS) is 15.6. The Kier molecular flexibility index (Phi) is 33.2. The summed E-state index contributed by atoms with van der Waals surface area (Å²) in [5.74, 6) is -1.42. The molecule has 0 bridgehead atoms. The van der Waals surface area contributed by atoms with Crippen LogP contribution in [0.4, 0.5) is 5.69 Å². The highest BCUT2D eigenvalue weighted by Crippen LogP contribution is 2.44. The van der Waals surface area contributed by atoms with Gasteiger partial charge in [0.1, 0.15) is 55.9 Å². The molecule has 8 aromatic carbocycles. The van der Waals surface area contributed by atoms with Crippen molar-refractivity contribution >= 4 is 60.2 Å². The fourth-order valence-corrected chi connectivity index (χ4v) is 16.9. The SMILES string of the molecule is C[C@@H](OCc1ccccc1)[C@H](NC(=O)C[C@@H](C[C@H](O[Si](C)(C)C(C)(C)C)[C@H](CO[Si](C)(C)C(C)(C)C)NC(=O)c1ccccc1OCc1ccccc1)O[Si](C)(C)C(C)(C)C)C(=O)N[C@H](COCc1ccccc1)C(=O)N[C@@H](COCc1ccccc1)C(=O)N[C@H]1Cc2cc(OCc3ccccc3)c(OCc3ccccc3)cc2[N+](C)(C)C1. The molecule has 0 aromatic heterocycles. The lowest BCUT2D eigenvalue weighted by Gasteiger charge is -2.45. The van der Waals surface area contributed by atoms with Gasteiger partial charge >= 0.3 is 0 Å². The molecule has 0 radical (unpaired) electrons. The third kappa shape index (κ3) is 27.7. The summed E-state index contributed by atoms with van der Waals surface area (Å²) in [5, 5.41) is 14.9. The number of nitrogens with one attached hydrogen (secondary N) is 5. The molecule has 1 aliphatic rings. The van der Waals surface area contributed by atoms with Crippen LogP contribution in [0.25, 0.3) is 0 Å². The minimum absolute atomic E-state index is 0.0668. The largest absolute Gasteiger partial charge is 0.488 e. The van der Waals surface area contributed by atoms with Gasteiger partial charge in [-0.3, -0.25) is 28.5 Å². The van der Waals surface area contributed by atoms with Gasteiger partial charge in [-0.1, -0.05) is 256 Å². The van der Waals surface area contributed by atoms with Crippen LogP contribution in [-0.2, 0) is 92.7 Å². The number of para-hydroxylation sites is 1. The van der Waals surface area contributed by atoms with Gasteiger partial charge < -0.3 is 68.3 Å². The molecule has 0 aliphatic carbocycles. The monoisotopic (exact) mass is 1660 g/mol. The molecule has 634 valence electrons. The summed E-state index contributed by atoms with van der Waals surface area (Å²) in [6.45, 7) is 35.1. The zero-order chi connectivity index (χ0) is 85.5. The fraction of sp³-hybridized carbons (Fsp3) is 0.442. The van der Waals surface area contributed by atoms with Crippen LogP contribution in [-0.4, -0.2) is 143 Å². The molecule has 1 heterocycles. The first-order valence-corrected chi connectivity index (χ1v) is 50.1. The van der Waals surface area contributed by atoms with Gasteiger partial charge in [-0.15, -0.1) is 0 Å². The van der Waals surface area contributed by atoms with Crippen molar-refractivity contribution in [3.63, 3.8) is 0 Å². The molecule has 5 amide bonds. The number of hydrogen-bond donors (Lipinski definition) is 5. The summed E-state index contributed by atoms with van der Waals surface area (Å²) in [7, 11) is -3.97. The highest BCUT2D eigenvalue weighted by Gasteiger charge is 2.47. The molecular formula is C95H129N6O14Si3+. The number of ether oxygens (including phenoxy) is 6. The molecule has 0 fully saturated rings. The Hall–Kier alpha value is -9.12. The van der Waals surface area contributed by atoms with Crippen LogP contribution in [0.2, 0.25) is 54.4 Å². The fourth-order valence-electron chi connectivity index (χ4n) is 13.2. The van der Waals surface area contributed by atoms with Crippen LogP contribution in [0.1, 0.15) is 131 Å². The maximum absolute atomic E-state index is 15.8. The summed E-state index contributed by atoms with van der Waals surface area (Å²) in [5.41, 5.74) is 7.69. The lowest BCUT2D eigenvalue weighted by atomic mass is 9.95. The Morgan fingerprint density at radius 2 is 0.856 bits per heavy atom. The molecule has 9 rings (SSSR count). The molecule has 0 saturated heterocycles. The van der Waals surface area contributed by atoms with Crippen molar-refractivity contribution < 1.29 is 65.7 Å². The second-order valence-electron chi connectivity index (χ2n) is 36.2. The lowest BCUT2D eigenvalue weighted by molar-refractivity contribution is -0.138. The van der Waals surface area contributed by atoms with E-state index < -0.39 is 103 Å². The predicted molar refractivity (Wildman–Crippen MR) is 476 cm³/mol. The van der Waals surface area contributed by atoms with E-state index in [0.717, 1.165) is 44.6 Å². The van der Waals surface area contributed by atoms with Gasteiger partial charge in [0, 0.05) is 18.1 Å². The Labute approximate surface area is 704 Å². The smallest absolute Gasteiger partial charge is 0.255 e. The molecule has 20 nitrogen and oxygen atoms in total. The van der Waals surface area contributed by atoms with Gasteiger partial charge in [0.2, 0.25) is 23.6 Å². The van der Waals surface area contributed by atoms with Gasteiger partial charge in [-0.2, -0.15) is 0 Å². The summed E-state index contributed by atoms with van der Waals surface area (Å²) >= 11 is 0. The summed E-state index contributed by atoms with van der Waals surface area (Å²) in [6, 6.07) is 63.9. The third-order valence-corrected chi connectivity index (χ3v) is 36.8. The highest BCUT2D eigenvalue weighted by molar-refractivity contribution is 6.75. The van der Waals surface area contributed by atoms with Crippen molar-refractivity contribution in [1.82, 2.24) is 31.1 Å². The average molecular weight is 1660 g/mol. The van der Waals surface area contributed by atoms with E-state index in [2.05, 4.69) is 142 Å². The van der Waals surface area contributed by atoms with Crippen LogP contribution in [0.3, 0.4) is 0 Å². The standard InChI is InChI=1S/C95H128N6O14Si3/c1-68(109-61-71-43-29-21-30-44-71)88(100-87(102)56-77(114-117(15,16)94(5,6)7)55-84(115-118(17,18)95(8,9)10)79(67-113-116(13,14)93(2,3)4)97-89(103)78-51-37-38-52-83(78)110-62-72-45-31-22-32-46-72)92(106)99-81(66-108-60-70-41-27-20-28-42-70)91(105)98-80(65-107-59-69-39-25-19-26-40-69)90(104)96-76-53-75-54-85(111-63-73-47-33-23-34-48-73)86(57-82(75)101(11,12)58-76)112-64-74-49-35-24-36-50-74/h19-52,54,57,68,76-77,79-81,84,88H,53,55-56,58-67H2,1-18H3,(H4-,96,97,98,99,100,102,103,104,105,106)/p+1/t68-,76+,77-,79+,80+,81-,84+,88+/m1/s1. The Bertz CT molecular complexity index is 4490. The van der Waals surface area contributed by atoms with Crippen molar-refractivity contribution in [2.24, 2.45) is 0 Å². The van der Waals surface area contributed by atoms with Gasteiger partial charge in [0.15, 0.2) is 36.5 Å². The number of carbonyl (C=O) groups excluding carboxylic acids is 5. The first-order chi connectivity index (χ1) is 55.8. The van der Waals surface area contributed by atoms with Crippen molar-refractivity contribution in [2.75, 3.05) is 40.5 Å². The molecule has 0 spiro atoms. The summed E-state index contributed by atoms with van der Waals surface area (Å²) in [4.78, 5) is 77.6. The van der Waals surface area contributed by atoms with E-state index in [1.165, 1.54) is 0 Å². The van der Waals surface area contributed by atoms with E-state index in [4.69, 9.17) is 41.7 Å². The Balaban J connectivity index is 1.03. The molecule has 1 aliphatic heterocycles. The number of likely N-dealkylation sites (N-methyl/N-ethyl adjacent to an activating group) is 1. The summed E-state index contributed by atoms with van der Waals surface area (Å²) in [6.07, 6.45) is -2.41. The van der Waals surface area contributed by atoms with Crippen LogP contribution in [0, 0.1) is 0 Å². The second kappa shape index (κ2) is 42.2. The quantitative estimate of drug-likeness (QED) is 0.0177. The predicted octanol–water partition coefficient (Wildman–Crippen LogP) is 16.9. The lowest BCUT2D eigenvalue weighted by Crippen LogP contribution is -2.62. The van der Waals surface area contributed by atoms with Gasteiger partial charge in [-0.05, 0) is 119 Å². The van der Waals surface area contributed by atoms with Gasteiger partial charge in [0.25, 0.3) is 5.91 Å². The summed E-state index contributed by atoms with van der Waals surface area (Å²) < 4.78 is 61.3. The van der Waals surface area contributed by atoms with Crippen molar-refractivity contribution in [1.29, 1.82) is 0 Å². The molecule has 0 unspecified atom stereocenters. The van der Waals surface area contributed by atoms with Gasteiger partial charge in [-0.25, -0.2) is 0 Å². The average Bonchev–Trinajstić information content (AvgIpc) is 0.762. The molecular weight excluding hydrogens is 1530 g/mol. The van der Waals surface area contributed by atoms with Crippen molar-refractivity contribution in [3.8, 4) is 17.2 Å². The van der Waals surface area contributed by atoms with E-state index in [9.17, 15) is 0 Å². The number of nitrogens with zero attached hydrogens (tertiary/aromatic N) is 1. The maximum atomic E-state index is 15.8. The van der Waals surface area contributed by atoms with Crippen LogP contribution in [0.15, 0.2) is 218 Å². The number of hydrogen-bond acceptors (Lipinski definition) is 14. The molecule has 8 atom stereocenters. The molecule has 118 heavy (non-hydrogen) atoms. The molecule has 5 N–H and O–H groups in total. The van der Waals surface area contributed by atoms with Crippen LogP contribution >= 0.6 is 0 Å². The highest BCUT2D eigenvalue weighted by atomic mass is 28.4. The number of amides is 5. The van der Waals surface area contributed by atoms with E-state index >= 15 is 24.0 Å². The first-order valence-electron chi connectivity index (χ1n) is 41.3. The van der Waals surface area contributed by atoms with Crippen LogP contribution in [0.5, 0.6) is 17.2 Å². The number of quaternary nitrogens is 1. The molecule has 0 saturated carbocycles. The van der Waals surface area contributed by atoms with E-state index in [0.29, 0.717) is 53.5 Å². The first kappa shape index (κ1) is 92.8. The Morgan fingerprint density at radius 3 is 1.33 bits per heavy atom. The number of carbonyl (C=O) groups is 5. The minimum Gasteiger partial charge on any atom is -0.488 e. The maximum Gasteiger partial charge on any atom is 0.255 e. The van der Waals surface area contributed by atoms with E-state index in [1.807, 2.05) is 206 Å².